The van der Waals surface area contributed by atoms with Crippen LogP contribution in [0.15, 0.2) is 10.7 Å². The van der Waals surface area contributed by atoms with Crippen molar-refractivity contribution in [3.63, 3.8) is 0 Å². The maximum atomic E-state index is 5.70. The summed E-state index contributed by atoms with van der Waals surface area (Å²) in [6, 6.07) is 0. The lowest BCUT2D eigenvalue weighted by Gasteiger charge is -2.30. The van der Waals surface area contributed by atoms with Gasteiger partial charge in [0.25, 0.3) is 0 Å². The number of anilines is 1. The summed E-state index contributed by atoms with van der Waals surface area (Å²) in [7, 11) is 0. The van der Waals surface area contributed by atoms with E-state index in [4.69, 9.17) is 10.3 Å². The van der Waals surface area contributed by atoms with Gasteiger partial charge in [0.1, 0.15) is 0 Å². The SMILES string of the molecule is Nc1ncc(CN2CCCC(c3noc(C4CC4)n3)C2)s1. The van der Waals surface area contributed by atoms with Crippen molar-refractivity contribution in [1.82, 2.24) is 20.0 Å². The van der Waals surface area contributed by atoms with Crippen LogP contribution in [-0.4, -0.2) is 33.1 Å². The van der Waals surface area contributed by atoms with Crippen molar-refractivity contribution in [2.75, 3.05) is 18.8 Å². The van der Waals surface area contributed by atoms with Crippen molar-refractivity contribution in [2.24, 2.45) is 0 Å². The van der Waals surface area contributed by atoms with E-state index in [0.717, 1.165) is 37.8 Å². The summed E-state index contributed by atoms with van der Waals surface area (Å²) in [5.74, 6) is 2.66. The third-order valence-electron chi connectivity index (χ3n) is 4.21. The van der Waals surface area contributed by atoms with Gasteiger partial charge < -0.3 is 10.3 Å². The molecule has 2 aliphatic rings. The summed E-state index contributed by atoms with van der Waals surface area (Å²) >= 11 is 1.57. The molecule has 112 valence electrons. The quantitative estimate of drug-likeness (QED) is 0.934. The minimum absolute atomic E-state index is 0.389. The van der Waals surface area contributed by atoms with Crippen LogP contribution in [0.3, 0.4) is 0 Å². The molecule has 1 saturated heterocycles. The zero-order chi connectivity index (χ0) is 14.2. The minimum atomic E-state index is 0.389. The van der Waals surface area contributed by atoms with Gasteiger partial charge >= 0.3 is 0 Å². The number of piperidine rings is 1. The summed E-state index contributed by atoms with van der Waals surface area (Å²) in [5.41, 5.74) is 5.70. The van der Waals surface area contributed by atoms with E-state index < -0.39 is 0 Å². The average Bonchev–Trinajstić information content (AvgIpc) is 3.07. The predicted molar refractivity (Wildman–Crippen MR) is 80.1 cm³/mol. The summed E-state index contributed by atoms with van der Waals surface area (Å²) in [4.78, 5) is 12.4. The molecule has 2 fully saturated rings. The second-order valence-corrected chi connectivity index (χ2v) is 7.15. The monoisotopic (exact) mass is 305 g/mol. The Morgan fingerprint density at radius 3 is 3.00 bits per heavy atom. The molecule has 7 heteroatoms. The predicted octanol–water partition coefficient (Wildman–Crippen LogP) is 2.37. The van der Waals surface area contributed by atoms with Gasteiger partial charge in [0.2, 0.25) is 5.89 Å². The van der Waals surface area contributed by atoms with Gasteiger partial charge in [-0.05, 0) is 32.2 Å². The minimum Gasteiger partial charge on any atom is -0.375 e. The largest absolute Gasteiger partial charge is 0.375 e. The second kappa shape index (κ2) is 5.38. The van der Waals surface area contributed by atoms with E-state index in [2.05, 4.69) is 20.0 Å². The molecule has 1 aliphatic heterocycles. The molecule has 1 unspecified atom stereocenters. The first-order valence-electron chi connectivity index (χ1n) is 7.54. The van der Waals surface area contributed by atoms with E-state index >= 15 is 0 Å². The Labute approximate surface area is 127 Å². The van der Waals surface area contributed by atoms with Gasteiger partial charge in [0.05, 0.1) is 0 Å². The first kappa shape index (κ1) is 13.2. The van der Waals surface area contributed by atoms with Gasteiger partial charge in [0, 0.05) is 36.0 Å². The van der Waals surface area contributed by atoms with Crippen molar-refractivity contribution < 1.29 is 4.52 Å². The van der Waals surface area contributed by atoms with Gasteiger partial charge in [-0.2, -0.15) is 4.98 Å². The number of nitrogen functional groups attached to an aromatic ring is 1. The van der Waals surface area contributed by atoms with Gasteiger partial charge in [-0.25, -0.2) is 4.98 Å². The first-order chi connectivity index (χ1) is 10.3. The summed E-state index contributed by atoms with van der Waals surface area (Å²) in [6.45, 7) is 3.02. The van der Waals surface area contributed by atoms with Gasteiger partial charge in [0.15, 0.2) is 11.0 Å². The van der Waals surface area contributed by atoms with Crippen LogP contribution >= 0.6 is 11.3 Å². The highest BCUT2D eigenvalue weighted by atomic mass is 32.1. The molecule has 0 aromatic carbocycles. The number of likely N-dealkylation sites (tertiary alicyclic amines) is 1. The summed E-state index contributed by atoms with van der Waals surface area (Å²) < 4.78 is 5.39. The molecular formula is C14H19N5OS. The lowest BCUT2D eigenvalue weighted by molar-refractivity contribution is 0.196. The highest BCUT2D eigenvalue weighted by Crippen LogP contribution is 2.39. The summed E-state index contributed by atoms with van der Waals surface area (Å²) in [6.07, 6.45) is 6.59. The van der Waals surface area contributed by atoms with E-state index in [1.165, 1.54) is 24.1 Å². The van der Waals surface area contributed by atoms with Crippen molar-refractivity contribution >= 4 is 16.5 Å². The molecule has 0 spiro atoms. The molecular weight excluding hydrogens is 286 g/mol. The molecule has 6 nitrogen and oxygen atoms in total. The van der Waals surface area contributed by atoms with Crippen LogP contribution in [0.5, 0.6) is 0 Å². The second-order valence-electron chi connectivity index (χ2n) is 6.00. The van der Waals surface area contributed by atoms with E-state index in [0.29, 0.717) is 17.0 Å². The van der Waals surface area contributed by atoms with E-state index in [9.17, 15) is 0 Å². The zero-order valence-electron chi connectivity index (χ0n) is 11.9. The Morgan fingerprint density at radius 2 is 2.24 bits per heavy atom. The van der Waals surface area contributed by atoms with E-state index in [1.54, 1.807) is 11.3 Å². The fraction of sp³-hybridized carbons (Fsp3) is 0.643. The maximum absolute atomic E-state index is 5.70. The smallest absolute Gasteiger partial charge is 0.229 e. The molecule has 2 aromatic rings. The standard InChI is InChI=1S/C14H19N5OS/c15-14-16-6-11(21-14)8-19-5-1-2-10(7-19)12-17-13(20-18-12)9-3-4-9/h6,9-10H,1-5,7-8H2,(H2,15,16). The Morgan fingerprint density at radius 1 is 1.33 bits per heavy atom. The molecule has 4 rings (SSSR count). The Balaban J connectivity index is 1.41. The number of rotatable bonds is 4. The third kappa shape index (κ3) is 2.94. The van der Waals surface area contributed by atoms with E-state index in [-0.39, 0.29) is 0 Å². The Hall–Kier alpha value is -1.47. The fourth-order valence-corrected chi connectivity index (χ4v) is 3.66. The van der Waals surface area contributed by atoms with Crippen LogP contribution in [0.2, 0.25) is 0 Å². The maximum Gasteiger partial charge on any atom is 0.229 e. The molecule has 21 heavy (non-hydrogen) atoms. The molecule has 1 saturated carbocycles. The molecule has 2 aromatic heterocycles. The fourth-order valence-electron chi connectivity index (χ4n) is 2.94. The van der Waals surface area contributed by atoms with Crippen molar-refractivity contribution in [1.29, 1.82) is 0 Å². The van der Waals surface area contributed by atoms with Crippen LogP contribution < -0.4 is 5.73 Å². The molecule has 1 aliphatic carbocycles. The molecule has 3 heterocycles. The molecule has 0 bridgehead atoms. The van der Waals surface area contributed by atoms with Gasteiger partial charge in [-0.1, -0.05) is 5.16 Å². The van der Waals surface area contributed by atoms with Crippen LogP contribution in [0.1, 0.15) is 54.1 Å². The lowest BCUT2D eigenvalue weighted by atomic mass is 9.97. The summed E-state index contributed by atoms with van der Waals surface area (Å²) in [5, 5.41) is 4.85. The van der Waals surface area contributed by atoms with E-state index in [1.807, 2.05) is 6.20 Å². The topological polar surface area (TPSA) is 81.1 Å². The highest BCUT2D eigenvalue weighted by molar-refractivity contribution is 7.15. The number of nitrogens with two attached hydrogens (primary N) is 1. The third-order valence-corrected chi connectivity index (χ3v) is 5.02. The lowest BCUT2D eigenvalue weighted by Crippen LogP contribution is -2.34. The normalized spacial score (nSPS) is 23.5. The van der Waals surface area contributed by atoms with Gasteiger partial charge in [-0.3, -0.25) is 4.90 Å². The number of hydrogen-bond acceptors (Lipinski definition) is 7. The van der Waals surface area contributed by atoms with Crippen LogP contribution in [-0.2, 0) is 6.54 Å². The Bertz CT molecular complexity index is 620. The zero-order valence-corrected chi connectivity index (χ0v) is 12.7. The number of aromatic nitrogens is 3. The van der Waals surface area contributed by atoms with Gasteiger partial charge in [-0.15, -0.1) is 11.3 Å². The molecule has 1 atom stereocenters. The van der Waals surface area contributed by atoms with Crippen LogP contribution in [0, 0.1) is 0 Å². The van der Waals surface area contributed by atoms with Crippen molar-refractivity contribution in [3.05, 3.63) is 22.8 Å². The highest BCUT2D eigenvalue weighted by Gasteiger charge is 2.32. The van der Waals surface area contributed by atoms with Crippen LogP contribution in [0.25, 0.3) is 0 Å². The molecule has 2 N–H and O–H groups in total. The van der Waals surface area contributed by atoms with Crippen LogP contribution in [0.4, 0.5) is 5.13 Å². The average molecular weight is 305 g/mol. The van der Waals surface area contributed by atoms with Crippen molar-refractivity contribution in [3.8, 4) is 0 Å². The first-order valence-corrected chi connectivity index (χ1v) is 8.35. The number of hydrogen-bond donors (Lipinski definition) is 1. The number of thiazole rings is 1. The molecule has 0 amide bonds. The number of nitrogens with zero attached hydrogens (tertiary/aromatic N) is 4. The molecule has 0 radical (unpaired) electrons. The van der Waals surface area contributed by atoms with Crippen molar-refractivity contribution in [2.45, 2.75) is 44.1 Å². The Kier molecular flexibility index (Phi) is 3.39.